The van der Waals surface area contributed by atoms with Crippen molar-refractivity contribution < 1.29 is 9.18 Å². The molecule has 2 N–H and O–H groups in total. The number of likely N-dealkylation sites (N-methyl/N-ethyl adjacent to an activating group) is 1. The first-order chi connectivity index (χ1) is 9.65. The van der Waals surface area contributed by atoms with Crippen LogP contribution in [0.1, 0.15) is 21.6 Å². The summed E-state index contributed by atoms with van der Waals surface area (Å²) in [5, 5.41) is 9.73. The van der Waals surface area contributed by atoms with Crippen molar-refractivity contribution in [3.63, 3.8) is 0 Å². The first-order valence-corrected chi connectivity index (χ1v) is 6.45. The van der Waals surface area contributed by atoms with Crippen LogP contribution in [0.4, 0.5) is 10.2 Å². The number of nitrogens with one attached hydrogen (secondary N) is 2. The Morgan fingerprint density at radius 1 is 1.45 bits per heavy atom. The van der Waals surface area contributed by atoms with Gasteiger partial charge in [-0.1, -0.05) is 12.1 Å². The molecular formula is C14H15FN4O. The fourth-order valence-electron chi connectivity index (χ4n) is 2.38. The topological polar surface area (TPSA) is 61.0 Å². The third kappa shape index (κ3) is 2.30. The maximum Gasteiger partial charge on any atom is 0.259 e. The SMILES string of the molecule is CN1CCc2c(NC(=O)c3ccccc3F)n[nH]c2C1. The summed E-state index contributed by atoms with van der Waals surface area (Å²) in [6, 6.07) is 5.91. The van der Waals surface area contributed by atoms with Gasteiger partial charge in [-0.2, -0.15) is 5.10 Å². The Labute approximate surface area is 115 Å². The highest BCUT2D eigenvalue weighted by Crippen LogP contribution is 2.23. The van der Waals surface area contributed by atoms with E-state index in [9.17, 15) is 9.18 Å². The van der Waals surface area contributed by atoms with E-state index in [2.05, 4.69) is 20.4 Å². The number of halogens is 1. The Kier molecular flexibility index (Phi) is 3.23. The number of amides is 1. The molecule has 0 spiro atoms. The van der Waals surface area contributed by atoms with Crippen LogP contribution in [0.2, 0.25) is 0 Å². The summed E-state index contributed by atoms with van der Waals surface area (Å²) in [6.07, 6.45) is 0.815. The number of rotatable bonds is 2. The first kappa shape index (κ1) is 12.8. The largest absolute Gasteiger partial charge is 0.305 e. The van der Waals surface area contributed by atoms with Crippen LogP contribution < -0.4 is 5.32 Å². The van der Waals surface area contributed by atoms with Gasteiger partial charge in [0.1, 0.15) is 5.82 Å². The van der Waals surface area contributed by atoms with Gasteiger partial charge in [0.25, 0.3) is 5.91 Å². The van der Waals surface area contributed by atoms with Gasteiger partial charge >= 0.3 is 0 Å². The number of hydrogen-bond donors (Lipinski definition) is 2. The van der Waals surface area contributed by atoms with Crippen molar-refractivity contribution in [2.24, 2.45) is 0 Å². The number of hydrogen-bond acceptors (Lipinski definition) is 3. The molecule has 1 amide bonds. The number of nitrogens with zero attached hydrogens (tertiary/aromatic N) is 2. The minimum absolute atomic E-state index is 0.0252. The number of carbonyl (C=O) groups excluding carboxylic acids is 1. The van der Waals surface area contributed by atoms with E-state index in [1.54, 1.807) is 12.1 Å². The second kappa shape index (κ2) is 5.05. The van der Waals surface area contributed by atoms with Gasteiger partial charge in [0.2, 0.25) is 0 Å². The van der Waals surface area contributed by atoms with Gasteiger partial charge in [0.15, 0.2) is 5.82 Å². The number of benzene rings is 1. The second-order valence-electron chi connectivity index (χ2n) is 4.95. The monoisotopic (exact) mass is 274 g/mol. The van der Waals surface area contributed by atoms with Crippen LogP contribution in [0, 0.1) is 5.82 Å². The summed E-state index contributed by atoms with van der Waals surface area (Å²) in [6.45, 7) is 1.69. The zero-order valence-electron chi connectivity index (χ0n) is 11.1. The van der Waals surface area contributed by atoms with E-state index in [4.69, 9.17) is 0 Å². The smallest absolute Gasteiger partial charge is 0.259 e. The van der Waals surface area contributed by atoms with Gasteiger partial charge < -0.3 is 10.2 Å². The van der Waals surface area contributed by atoms with Crippen molar-refractivity contribution >= 4 is 11.7 Å². The average Bonchev–Trinajstić information content (AvgIpc) is 2.81. The van der Waals surface area contributed by atoms with Crippen LogP contribution in [0.15, 0.2) is 24.3 Å². The van der Waals surface area contributed by atoms with Crippen molar-refractivity contribution in [3.8, 4) is 0 Å². The number of aromatic nitrogens is 2. The molecule has 6 heteroatoms. The zero-order chi connectivity index (χ0) is 14.1. The molecule has 5 nitrogen and oxygen atoms in total. The normalized spacial score (nSPS) is 14.9. The average molecular weight is 274 g/mol. The summed E-state index contributed by atoms with van der Waals surface area (Å²) in [5.74, 6) is -0.508. The maximum absolute atomic E-state index is 13.6. The predicted molar refractivity (Wildman–Crippen MR) is 73.0 cm³/mol. The van der Waals surface area contributed by atoms with Crippen molar-refractivity contribution in [1.82, 2.24) is 15.1 Å². The van der Waals surface area contributed by atoms with Crippen molar-refractivity contribution in [2.75, 3.05) is 18.9 Å². The third-order valence-electron chi connectivity index (χ3n) is 3.47. The molecule has 20 heavy (non-hydrogen) atoms. The lowest BCUT2D eigenvalue weighted by Gasteiger charge is -2.21. The molecule has 1 aromatic carbocycles. The summed E-state index contributed by atoms with van der Waals surface area (Å²) in [4.78, 5) is 14.2. The molecule has 1 aliphatic rings. The lowest BCUT2D eigenvalue weighted by atomic mass is 10.1. The summed E-state index contributed by atoms with van der Waals surface area (Å²) in [5.41, 5.74) is 2.03. The molecule has 1 aliphatic heterocycles. The van der Waals surface area contributed by atoms with Crippen LogP contribution in [0.5, 0.6) is 0 Å². The van der Waals surface area contributed by atoms with E-state index in [1.165, 1.54) is 12.1 Å². The van der Waals surface area contributed by atoms with Gasteiger partial charge in [-0.25, -0.2) is 4.39 Å². The zero-order valence-corrected chi connectivity index (χ0v) is 11.1. The highest BCUT2D eigenvalue weighted by atomic mass is 19.1. The number of carbonyl (C=O) groups is 1. The molecule has 2 heterocycles. The quantitative estimate of drug-likeness (QED) is 0.877. The first-order valence-electron chi connectivity index (χ1n) is 6.45. The van der Waals surface area contributed by atoms with E-state index >= 15 is 0 Å². The fourth-order valence-corrected chi connectivity index (χ4v) is 2.38. The van der Waals surface area contributed by atoms with E-state index < -0.39 is 11.7 Å². The lowest BCUT2D eigenvalue weighted by molar-refractivity contribution is 0.102. The molecule has 0 bridgehead atoms. The standard InChI is InChI=1S/C14H15FN4O/c1-19-7-6-10-12(8-19)17-18-13(10)16-14(20)9-4-2-3-5-11(9)15/h2-5H,6-8H2,1H3,(H2,16,17,18,20). The highest BCUT2D eigenvalue weighted by Gasteiger charge is 2.21. The molecule has 0 fully saturated rings. The van der Waals surface area contributed by atoms with E-state index in [0.717, 1.165) is 30.8 Å². The third-order valence-corrected chi connectivity index (χ3v) is 3.47. The number of H-pyrrole nitrogens is 1. The molecule has 0 saturated carbocycles. The predicted octanol–water partition coefficient (Wildman–Crippen LogP) is 1.79. The minimum atomic E-state index is -0.533. The molecule has 1 aromatic heterocycles. The van der Waals surface area contributed by atoms with Crippen molar-refractivity contribution in [1.29, 1.82) is 0 Å². The van der Waals surface area contributed by atoms with Gasteiger partial charge in [0, 0.05) is 18.7 Å². The van der Waals surface area contributed by atoms with E-state index in [1.807, 2.05) is 7.05 Å². The Bertz CT molecular complexity index is 652. The number of fused-ring (bicyclic) bond motifs is 1. The maximum atomic E-state index is 13.6. The Balaban J connectivity index is 1.82. The van der Waals surface area contributed by atoms with Gasteiger partial charge in [-0.05, 0) is 25.6 Å². The van der Waals surface area contributed by atoms with Crippen LogP contribution in [-0.4, -0.2) is 34.6 Å². The van der Waals surface area contributed by atoms with Crippen LogP contribution in [0.3, 0.4) is 0 Å². The fraction of sp³-hybridized carbons (Fsp3) is 0.286. The van der Waals surface area contributed by atoms with Crippen LogP contribution >= 0.6 is 0 Å². The van der Waals surface area contributed by atoms with Crippen LogP contribution in [0.25, 0.3) is 0 Å². The van der Waals surface area contributed by atoms with Gasteiger partial charge in [0.05, 0.1) is 11.3 Å². The summed E-state index contributed by atoms with van der Waals surface area (Å²) >= 11 is 0. The highest BCUT2D eigenvalue weighted by molar-refractivity contribution is 6.04. The van der Waals surface area contributed by atoms with Crippen LogP contribution in [-0.2, 0) is 13.0 Å². The Hall–Kier alpha value is -2.21. The molecule has 0 unspecified atom stereocenters. The molecular weight excluding hydrogens is 259 g/mol. The molecule has 0 radical (unpaired) electrons. The Morgan fingerprint density at radius 3 is 3.05 bits per heavy atom. The van der Waals surface area contributed by atoms with E-state index in [-0.39, 0.29) is 5.56 Å². The number of aromatic amines is 1. The van der Waals surface area contributed by atoms with Crippen molar-refractivity contribution in [3.05, 3.63) is 46.9 Å². The van der Waals surface area contributed by atoms with Gasteiger partial charge in [-0.3, -0.25) is 9.89 Å². The summed E-state index contributed by atoms with van der Waals surface area (Å²) < 4.78 is 13.6. The molecule has 3 rings (SSSR count). The van der Waals surface area contributed by atoms with Crippen molar-refractivity contribution in [2.45, 2.75) is 13.0 Å². The minimum Gasteiger partial charge on any atom is -0.305 e. The van der Waals surface area contributed by atoms with Gasteiger partial charge in [-0.15, -0.1) is 0 Å². The Morgan fingerprint density at radius 2 is 2.25 bits per heavy atom. The number of anilines is 1. The second-order valence-corrected chi connectivity index (χ2v) is 4.95. The molecule has 104 valence electrons. The summed E-state index contributed by atoms with van der Waals surface area (Å²) in [7, 11) is 2.03. The van der Waals surface area contributed by atoms with E-state index in [0.29, 0.717) is 5.82 Å². The molecule has 2 aromatic rings. The molecule has 0 atom stereocenters. The lowest BCUT2D eigenvalue weighted by Crippen LogP contribution is -2.26. The molecule has 0 aliphatic carbocycles. The molecule has 0 saturated heterocycles.